The van der Waals surface area contributed by atoms with Crippen molar-refractivity contribution in [3.05, 3.63) is 56.9 Å². The lowest BCUT2D eigenvalue weighted by molar-refractivity contribution is -0.118. The number of hydrogen-bond acceptors (Lipinski definition) is 3. The van der Waals surface area contributed by atoms with Crippen LogP contribution in [0.3, 0.4) is 0 Å². The number of ether oxygens (including phenoxy) is 1. The Morgan fingerprint density at radius 3 is 2.59 bits per heavy atom. The van der Waals surface area contributed by atoms with Crippen molar-refractivity contribution >= 4 is 34.8 Å². The first-order valence-corrected chi connectivity index (χ1v) is 7.20. The zero-order valence-electron chi connectivity index (χ0n) is 12.0. The third-order valence-electron chi connectivity index (χ3n) is 3.12. The molecule has 1 unspecified atom stereocenters. The van der Waals surface area contributed by atoms with Gasteiger partial charge in [0.15, 0.2) is 0 Å². The lowest BCUT2D eigenvalue weighted by Gasteiger charge is -2.16. The molecule has 2 rings (SSSR count). The van der Waals surface area contributed by atoms with E-state index in [9.17, 15) is 9.59 Å². The zero-order chi connectivity index (χ0) is 16.3. The van der Waals surface area contributed by atoms with Crippen LogP contribution in [0.25, 0.3) is 0 Å². The molecular weight excluding hydrogens is 327 g/mol. The van der Waals surface area contributed by atoms with E-state index in [1.54, 1.807) is 25.1 Å². The third kappa shape index (κ3) is 3.61. The molecule has 0 aliphatic rings. The Labute approximate surface area is 137 Å². The molecule has 1 aromatic heterocycles. The summed E-state index contributed by atoms with van der Waals surface area (Å²) < 4.78 is 6.43. The fourth-order valence-corrected chi connectivity index (χ4v) is 2.26. The Balaban J connectivity index is 2.27. The molecule has 0 radical (unpaired) electrons. The van der Waals surface area contributed by atoms with Gasteiger partial charge in [-0.3, -0.25) is 9.59 Å². The summed E-state index contributed by atoms with van der Waals surface area (Å²) in [4.78, 5) is 24.2. The first kappa shape index (κ1) is 16.4. The number of benzene rings is 1. The van der Waals surface area contributed by atoms with Crippen LogP contribution in [-0.4, -0.2) is 17.6 Å². The van der Waals surface area contributed by atoms with Crippen molar-refractivity contribution in [1.29, 1.82) is 0 Å². The number of carbonyl (C=O) groups excluding carboxylic acids is 1. The number of amides is 1. The van der Waals surface area contributed by atoms with Crippen molar-refractivity contribution in [2.45, 2.75) is 13.0 Å². The quantitative estimate of drug-likeness (QED) is 0.928. The Kier molecular flexibility index (Phi) is 5.11. The summed E-state index contributed by atoms with van der Waals surface area (Å²) in [6.45, 7) is 1.60. The van der Waals surface area contributed by atoms with Crippen LogP contribution in [0, 0.1) is 0 Å². The number of rotatable bonds is 4. The SMILES string of the molecule is COc1ccc(Cl)cc1NC(=O)C(C)n1cc(Cl)ccc1=O. The summed E-state index contributed by atoms with van der Waals surface area (Å²) >= 11 is 11.8. The number of nitrogens with one attached hydrogen (secondary N) is 1. The number of aromatic nitrogens is 1. The average Bonchev–Trinajstić information content (AvgIpc) is 2.49. The highest BCUT2D eigenvalue weighted by Crippen LogP contribution is 2.28. The number of anilines is 1. The van der Waals surface area contributed by atoms with Gasteiger partial charge < -0.3 is 14.6 Å². The molecule has 116 valence electrons. The molecular formula is C15H14Cl2N2O3. The molecule has 5 nitrogen and oxygen atoms in total. The van der Waals surface area contributed by atoms with E-state index in [1.807, 2.05) is 0 Å². The van der Waals surface area contributed by atoms with E-state index < -0.39 is 6.04 Å². The Bertz CT molecular complexity index is 759. The topological polar surface area (TPSA) is 60.3 Å². The predicted molar refractivity (Wildman–Crippen MR) is 87.1 cm³/mol. The van der Waals surface area contributed by atoms with Gasteiger partial charge in [-0.25, -0.2) is 0 Å². The van der Waals surface area contributed by atoms with E-state index in [4.69, 9.17) is 27.9 Å². The summed E-state index contributed by atoms with van der Waals surface area (Å²) in [6.07, 6.45) is 1.42. The fourth-order valence-electron chi connectivity index (χ4n) is 1.92. The smallest absolute Gasteiger partial charge is 0.251 e. The highest BCUT2D eigenvalue weighted by atomic mass is 35.5. The van der Waals surface area contributed by atoms with E-state index in [-0.39, 0.29) is 11.5 Å². The van der Waals surface area contributed by atoms with Crippen LogP contribution >= 0.6 is 23.2 Å². The van der Waals surface area contributed by atoms with Gasteiger partial charge in [-0.05, 0) is 31.2 Å². The number of carbonyl (C=O) groups is 1. The molecule has 0 aliphatic carbocycles. The van der Waals surface area contributed by atoms with Gasteiger partial charge in [-0.1, -0.05) is 23.2 Å². The van der Waals surface area contributed by atoms with Crippen molar-refractivity contribution in [1.82, 2.24) is 4.57 Å². The molecule has 7 heteroatoms. The molecule has 0 fully saturated rings. The fraction of sp³-hybridized carbons (Fsp3) is 0.200. The maximum Gasteiger partial charge on any atom is 0.251 e. The Hall–Kier alpha value is -1.98. The highest BCUT2D eigenvalue weighted by molar-refractivity contribution is 6.31. The molecule has 0 bridgehead atoms. The van der Waals surface area contributed by atoms with Crippen LogP contribution in [0.2, 0.25) is 10.0 Å². The highest BCUT2D eigenvalue weighted by Gasteiger charge is 2.18. The molecule has 1 atom stereocenters. The maximum absolute atomic E-state index is 12.3. The predicted octanol–water partition coefficient (Wildman–Crippen LogP) is 3.36. The molecule has 0 saturated carbocycles. The van der Waals surface area contributed by atoms with Crippen molar-refractivity contribution in [2.75, 3.05) is 12.4 Å². The van der Waals surface area contributed by atoms with Crippen molar-refractivity contribution in [3.8, 4) is 5.75 Å². The molecule has 0 saturated heterocycles. The molecule has 22 heavy (non-hydrogen) atoms. The average molecular weight is 341 g/mol. The van der Waals surface area contributed by atoms with Gasteiger partial charge in [0.25, 0.3) is 5.56 Å². The summed E-state index contributed by atoms with van der Waals surface area (Å²) in [5.74, 6) is 0.0910. The van der Waals surface area contributed by atoms with Crippen molar-refractivity contribution in [3.63, 3.8) is 0 Å². The molecule has 0 aliphatic heterocycles. The molecule has 1 aromatic carbocycles. The number of hydrogen-bond donors (Lipinski definition) is 1. The molecule has 1 amide bonds. The number of nitrogens with zero attached hydrogens (tertiary/aromatic N) is 1. The number of methoxy groups -OCH3 is 1. The van der Waals surface area contributed by atoms with Gasteiger partial charge in [0.05, 0.1) is 17.8 Å². The van der Waals surface area contributed by atoms with Crippen molar-refractivity contribution in [2.24, 2.45) is 0 Å². The second-order valence-electron chi connectivity index (χ2n) is 4.60. The van der Waals surface area contributed by atoms with Gasteiger partial charge >= 0.3 is 0 Å². The van der Waals surface area contributed by atoms with E-state index in [0.29, 0.717) is 21.5 Å². The van der Waals surface area contributed by atoms with Gasteiger partial charge in [-0.15, -0.1) is 0 Å². The second kappa shape index (κ2) is 6.85. The van der Waals surface area contributed by atoms with Crippen LogP contribution in [0.5, 0.6) is 5.75 Å². The van der Waals surface area contributed by atoms with Crippen molar-refractivity contribution < 1.29 is 9.53 Å². The second-order valence-corrected chi connectivity index (χ2v) is 5.48. The summed E-state index contributed by atoms with van der Waals surface area (Å²) in [6, 6.07) is 6.92. The molecule has 1 heterocycles. The molecule has 2 aromatic rings. The van der Waals surface area contributed by atoms with Gasteiger partial charge in [0.2, 0.25) is 5.91 Å². The van der Waals surface area contributed by atoms with E-state index >= 15 is 0 Å². The largest absolute Gasteiger partial charge is 0.495 e. The summed E-state index contributed by atoms with van der Waals surface area (Å²) in [5, 5.41) is 3.53. The summed E-state index contributed by atoms with van der Waals surface area (Å²) in [5.41, 5.74) is 0.118. The standard InChI is InChI=1S/C15H14Cl2N2O3/c1-9(19-8-11(17)4-6-14(19)20)15(21)18-12-7-10(16)3-5-13(12)22-2/h3-9H,1-2H3,(H,18,21). The number of halogens is 2. The normalized spacial score (nSPS) is 11.8. The van der Waals surface area contributed by atoms with Gasteiger partial charge in [0, 0.05) is 17.3 Å². The van der Waals surface area contributed by atoms with Crippen LogP contribution in [0.1, 0.15) is 13.0 Å². The van der Waals surface area contributed by atoms with E-state index in [0.717, 1.165) is 0 Å². The number of pyridine rings is 1. The third-order valence-corrected chi connectivity index (χ3v) is 3.58. The minimum absolute atomic E-state index is 0.315. The first-order chi connectivity index (χ1) is 10.4. The zero-order valence-corrected chi connectivity index (χ0v) is 13.5. The minimum Gasteiger partial charge on any atom is -0.495 e. The lowest BCUT2D eigenvalue weighted by atomic mass is 10.2. The minimum atomic E-state index is -0.741. The monoisotopic (exact) mass is 340 g/mol. The van der Waals surface area contributed by atoms with Gasteiger partial charge in [0.1, 0.15) is 11.8 Å². The first-order valence-electron chi connectivity index (χ1n) is 6.44. The summed E-state index contributed by atoms with van der Waals surface area (Å²) in [7, 11) is 1.49. The van der Waals surface area contributed by atoms with Crippen LogP contribution in [0.4, 0.5) is 5.69 Å². The van der Waals surface area contributed by atoms with Crippen LogP contribution in [-0.2, 0) is 4.79 Å². The van der Waals surface area contributed by atoms with Crippen LogP contribution < -0.4 is 15.6 Å². The Morgan fingerprint density at radius 1 is 1.23 bits per heavy atom. The molecule has 0 spiro atoms. The van der Waals surface area contributed by atoms with Crippen LogP contribution in [0.15, 0.2) is 41.3 Å². The van der Waals surface area contributed by atoms with E-state index in [1.165, 1.54) is 30.0 Å². The van der Waals surface area contributed by atoms with Gasteiger partial charge in [-0.2, -0.15) is 0 Å². The molecule has 1 N–H and O–H groups in total. The Morgan fingerprint density at radius 2 is 1.91 bits per heavy atom. The lowest BCUT2D eigenvalue weighted by Crippen LogP contribution is -2.30. The van der Waals surface area contributed by atoms with E-state index in [2.05, 4.69) is 5.32 Å². The maximum atomic E-state index is 12.3.